The number of aromatic hydroxyl groups is 1. The summed E-state index contributed by atoms with van der Waals surface area (Å²) in [6, 6.07) is 5.34. The first-order valence-corrected chi connectivity index (χ1v) is 8.17. The van der Waals surface area contributed by atoms with Crippen molar-refractivity contribution in [3.05, 3.63) is 71.1 Å². The molecule has 5 nitrogen and oxygen atoms in total. The number of benzene rings is 2. The van der Waals surface area contributed by atoms with Crippen LogP contribution in [0.3, 0.4) is 0 Å². The highest BCUT2D eigenvalue weighted by atomic mass is 79.9. The first-order chi connectivity index (χ1) is 11.2. The number of allylic oxidation sites excluding steroid dienone is 1. The zero-order valence-corrected chi connectivity index (χ0v) is 15.4. The molecule has 1 N–H and O–H groups in total. The summed E-state index contributed by atoms with van der Waals surface area (Å²) in [4.78, 5) is 22.4. The van der Waals surface area contributed by atoms with Crippen LogP contribution in [0.5, 0.6) is 5.75 Å². The third-order valence-corrected chi connectivity index (χ3v) is 4.43. The summed E-state index contributed by atoms with van der Waals surface area (Å²) < 4.78 is 0.378. The summed E-state index contributed by atoms with van der Waals surface area (Å²) in [5, 5.41) is 21.2. The van der Waals surface area contributed by atoms with Gasteiger partial charge < -0.3 is 5.11 Å². The number of hydrogen-bond donors (Lipinski definition) is 1. The first kappa shape index (κ1) is 18.7. The Hall–Kier alpha value is -1.60. The van der Waals surface area contributed by atoms with E-state index < -0.39 is 22.1 Å². The maximum absolute atomic E-state index is 12.2. The molecule has 0 saturated heterocycles. The molecule has 0 spiro atoms. The fourth-order valence-corrected chi connectivity index (χ4v) is 3.02. The van der Waals surface area contributed by atoms with Crippen molar-refractivity contribution < 1.29 is 14.8 Å². The summed E-state index contributed by atoms with van der Waals surface area (Å²) in [5.41, 5.74) is -0.316. The van der Waals surface area contributed by atoms with Crippen molar-refractivity contribution in [1.29, 1.82) is 0 Å². The SMILES string of the molecule is O=C(/C=C/c1cc(Br)cc([N+](=O)[O-])c1O)c1cc(Cl)cc(Cl)c1Cl. The molecule has 0 bridgehead atoms. The smallest absolute Gasteiger partial charge is 0.312 e. The number of nitro benzene ring substituents is 1. The number of nitro groups is 1. The molecule has 0 atom stereocenters. The molecule has 0 radical (unpaired) electrons. The van der Waals surface area contributed by atoms with Gasteiger partial charge in [-0.1, -0.05) is 50.7 Å². The van der Waals surface area contributed by atoms with E-state index in [4.69, 9.17) is 34.8 Å². The van der Waals surface area contributed by atoms with Crippen LogP contribution >= 0.6 is 50.7 Å². The van der Waals surface area contributed by atoms with E-state index in [1.807, 2.05) is 0 Å². The number of hydrogen-bond acceptors (Lipinski definition) is 4. The fourth-order valence-electron chi connectivity index (χ4n) is 1.86. The molecule has 9 heteroatoms. The van der Waals surface area contributed by atoms with Crippen molar-refractivity contribution in [1.82, 2.24) is 0 Å². The van der Waals surface area contributed by atoms with E-state index >= 15 is 0 Å². The lowest BCUT2D eigenvalue weighted by molar-refractivity contribution is -0.385. The molecule has 2 aromatic rings. The van der Waals surface area contributed by atoms with Crippen molar-refractivity contribution in [3.8, 4) is 5.75 Å². The van der Waals surface area contributed by atoms with Gasteiger partial charge in [-0.3, -0.25) is 14.9 Å². The average molecular weight is 451 g/mol. The molecule has 0 amide bonds. The van der Waals surface area contributed by atoms with Gasteiger partial charge in [0.25, 0.3) is 0 Å². The minimum Gasteiger partial charge on any atom is -0.502 e. The zero-order valence-electron chi connectivity index (χ0n) is 11.6. The van der Waals surface area contributed by atoms with Crippen LogP contribution in [0.1, 0.15) is 15.9 Å². The van der Waals surface area contributed by atoms with Crippen LogP contribution in [0.2, 0.25) is 15.1 Å². The zero-order chi connectivity index (χ0) is 18.0. The lowest BCUT2D eigenvalue weighted by atomic mass is 10.1. The second-order valence-corrected chi connectivity index (χ2v) is 6.70. The Bertz CT molecular complexity index is 884. The lowest BCUT2D eigenvalue weighted by Crippen LogP contribution is -1.96. The van der Waals surface area contributed by atoms with Crippen LogP contribution in [0.25, 0.3) is 6.08 Å². The molecule has 2 aromatic carbocycles. The quantitative estimate of drug-likeness (QED) is 0.206. The Morgan fingerprint density at radius 2 is 1.88 bits per heavy atom. The third kappa shape index (κ3) is 4.08. The Morgan fingerprint density at radius 1 is 1.21 bits per heavy atom. The molecule has 2 rings (SSSR count). The molecular weight excluding hydrogens is 444 g/mol. The number of rotatable bonds is 4. The molecule has 0 aliphatic heterocycles. The van der Waals surface area contributed by atoms with Gasteiger partial charge in [-0.25, -0.2) is 0 Å². The second-order valence-electron chi connectivity index (χ2n) is 4.57. The van der Waals surface area contributed by atoms with E-state index in [1.165, 1.54) is 24.3 Å². The van der Waals surface area contributed by atoms with Gasteiger partial charge in [-0.2, -0.15) is 0 Å². The average Bonchev–Trinajstić information content (AvgIpc) is 2.50. The summed E-state index contributed by atoms with van der Waals surface area (Å²) in [5.74, 6) is -1.08. The maximum Gasteiger partial charge on any atom is 0.312 e. The number of nitrogens with zero attached hydrogens (tertiary/aromatic N) is 1. The Morgan fingerprint density at radius 3 is 2.50 bits per heavy atom. The van der Waals surface area contributed by atoms with Crippen LogP contribution in [-0.4, -0.2) is 15.8 Å². The van der Waals surface area contributed by atoms with E-state index in [1.54, 1.807) is 0 Å². The van der Waals surface area contributed by atoms with E-state index in [0.717, 1.165) is 12.1 Å². The van der Waals surface area contributed by atoms with Gasteiger partial charge in [0.2, 0.25) is 5.75 Å². The topological polar surface area (TPSA) is 80.4 Å². The van der Waals surface area contributed by atoms with Crippen LogP contribution in [-0.2, 0) is 0 Å². The predicted molar refractivity (Wildman–Crippen MR) is 97.3 cm³/mol. The Labute approximate surface area is 159 Å². The minimum atomic E-state index is -0.729. The molecule has 0 fully saturated rings. The molecule has 0 unspecified atom stereocenters. The highest BCUT2D eigenvalue weighted by Gasteiger charge is 2.18. The molecule has 0 saturated carbocycles. The molecule has 0 aromatic heterocycles. The van der Waals surface area contributed by atoms with Crippen LogP contribution in [0.15, 0.2) is 34.8 Å². The van der Waals surface area contributed by atoms with Crippen molar-refractivity contribution in [2.45, 2.75) is 0 Å². The van der Waals surface area contributed by atoms with Crippen LogP contribution in [0, 0.1) is 10.1 Å². The Kier molecular flexibility index (Phi) is 5.87. The van der Waals surface area contributed by atoms with E-state index in [0.29, 0.717) is 4.47 Å². The summed E-state index contributed by atoms with van der Waals surface area (Å²) in [7, 11) is 0. The summed E-state index contributed by atoms with van der Waals surface area (Å²) in [6.45, 7) is 0. The van der Waals surface area contributed by atoms with Gasteiger partial charge >= 0.3 is 5.69 Å². The Balaban J connectivity index is 2.42. The van der Waals surface area contributed by atoms with Gasteiger partial charge in [0.05, 0.1) is 15.0 Å². The normalized spacial score (nSPS) is 11.0. The van der Waals surface area contributed by atoms with E-state index in [9.17, 15) is 20.0 Å². The molecule has 0 aliphatic rings. The molecule has 124 valence electrons. The van der Waals surface area contributed by atoms with Crippen molar-refractivity contribution in [2.24, 2.45) is 0 Å². The number of carbonyl (C=O) groups is 1. The van der Waals surface area contributed by atoms with Gasteiger partial charge in [0.15, 0.2) is 5.78 Å². The highest BCUT2D eigenvalue weighted by molar-refractivity contribution is 9.10. The minimum absolute atomic E-state index is 0.0418. The molecule has 24 heavy (non-hydrogen) atoms. The van der Waals surface area contributed by atoms with E-state index in [-0.39, 0.29) is 26.2 Å². The number of phenols is 1. The van der Waals surface area contributed by atoms with Gasteiger partial charge in [-0.15, -0.1) is 0 Å². The fraction of sp³-hybridized carbons (Fsp3) is 0. The van der Waals surface area contributed by atoms with Gasteiger partial charge in [-0.05, 0) is 30.4 Å². The van der Waals surface area contributed by atoms with E-state index in [2.05, 4.69) is 15.9 Å². The van der Waals surface area contributed by atoms with Crippen LogP contribution in [0.4, 0.5) is 5.69 Å². The number of carbonyl (C=O) groups excluding carboxylic acids is 1. The lowest BCUT2D eigenvalue weighted by Gasteiger charge is -2.04. The van der Waals surface area contributed by atoms with Crippen molar-refractivity contribution in [2.75, 3.05) is 0 Å². The third-order valence-electron chi connectivity index (χ3n) is 2.95. The highest BCUT2D eigenvalue weighted by Crippen LogP contribution is 2.35. The maximum atomic E-state index is 12.2. The number of halogens is 4. The number of ketones is 1. The predicted octanol–water partition coefficient (Wildman–Crippen LogP) is 5.92. The van der Waals surface area contributed by atoms with Gasteiger partial charge in [0.1, 0.15) is 0 Å². The first-order valence-electron chi connectivity index (χ1n) is 6.24. The van der Waals surface area contributed by atoms with Gasteiger partial charge in [0, 0.05) is 26.7 Å². The molecule has 0 heterocycles. The molecular formula is C15H7BrCl3NO4. The largest absolute Gasteiger partial charge is 0.502 e. The summed E-state index contributed by atoms with van der Waals surface area (Å²) in [6.07, 6.45) is 2.35. The number of phenolic OH excluding ortho intramolecular Hbond substituents is 1. The molecule has 0 aliphatic carbocycles. The monoisotopic (exact) mass is 449 g/mol. The van der Waals surface area contributed by atoms with Crippen molar-refractivity contribution in [3.63, 3.8) is 0 Å². The summed E-state index contributed by atoms with van der Waals surface area (Å²) >= 11 is 20.8. The second kappa shape index (κ2) is 7.53. The standard InChI is InChI=1S/C15H7BrCl3NO4/c16-8-3-7(15(22)12(4-8)20(23)24)1-2-13(21)10-5-9(17)6-11(18)14(10)19/h1-6,22H/b2-1+. The van der Waals surface area contributed by atoms with Crippen LogP contribution < -0.4 is 0 Å². The van der Waals surface area contributed by atoms with Crippen molar-refractivity contribution >= 4 is 68.3 Å².